The molecule has 0 N–H and O–H groups in total. The van der Waals surface area contributed by atoms with Gasteiger partial charge in [-0.3, -0.25) is 14.9 Å². The van der Waals surface area contributed by atoms with Crippen LogP contribution in [0.4, 0.5) is 5.69 Å². The van der Waals surface area contributed by atoms with Gasteiger partial charge in [0.1, 0.15) is 6.61 Å². The zero-order chi connectivity index (χ0) is 11.3. The number of Topliss-reactive ketones (excluding diaryl/α,β-unsaturated/α-hetero) is 1. The van der Waals surface area contributed by atoms with Gasteiger partial charge in [-0.15, -0.1) is 0 Å². The standard InChI is InChI=1S/C10H11NO4/c1-2-8(12)7-15-10-6-4-3-5-9(10)11(13)14/h3-6H,2,7H2,1H3. The van der Waals surface area contributed by atoms with E-state index in [0.29, 0.717) is 6.42 Å². The van der Waals surface area contributed by atoms with E-state index < -0.39 is 4.92 Å². The Kier molecular flexibility index (Phi) is 3.79. The number of nitrogens with zero attached hydrogens (tertiary/aromatic N) is 1. The highest BCUT2D eigenvalue weighted by Crippen LogP contribution is 2.25. The molecule has 0 saturated carbocycles. The fourth-order valence-electron chi connectivity index (χ4n) is 0.990. The maximum Gasteiger partial charge on any atom is 0.310 e. The minimum absolute atomic E-state index is 0.0897. The zero-order valence-corrected chi connectivity index (χ0v) is 8.30. The van der Waals surface area contributed by atoms with Gasteiger partial charge in [0.05, 0.1) is 4.92 Å². The molecule has 0 spiro atoms. The number of carbonyl (C=O) groups excluding carboxylic acids is 1. The van der Waals surface area contributed by atoms with Gasteiger partial charge in [-0.25, -0.2) is 0 Å². The van der Waals surface area contributed by atoms with Gasteiger partial charge in [0, 0.05) is 12.5 Å². The van der Waals surface area contributed by atoms with Gasteiger partial charge in [-0.2, -0.15) is 0 Å². The summed E-state index contributed by atoms with van der Waals surface area (Å²) in [7, 11) is 0. The van der Waals surface area contributed by atoms with E-state index in [2.05, 4.69) is 0 Å². The summed E-state index contributed by atoms with van der Waals surface area (Å²) < 4.78 is 5.06. The third-order valence-corrected chi connectivity index (χ3v) is 1.84. The molecule has 0 unspecified atom stereocenters. The number of rotatable bonds is 5. The van der Waals surface area contributed by atoms with Gasteiger partial charge in [-0.1, -0.05) is 19.1 Å². The van der Waals surface area contributed by atoms with Crippen molar-refractivity contribution in [3.8, 4) is 5.75 Å². The molecule has 0 fully saturated rings. The second kappa shape index (κ2) is 5.09. The Morgan fingerprint density at radius 2 is 2.13 bits per heavy atom. The lowest BCUT2D eigenvalue weighted by molar-refractivity contribution is -0.385. The quantitative estimate of drug-likeness (QED) is 0.549. The van der Waals surface area contributed by atoms with Crippen molar-refractivity contribution in [2.75, 3.05) is 6.61 Å². The molecule has 0 aliphatic rings. The number of para-hydroxylation sites is 2. The first-order valence-electron chi connectivity index (χ1n) is 4.53. The average Bonchev–Trinajstić information content (AvgIpc) is 2.26. The normalized spacial score (nSPS) is 9.67. The van der Waals surface area contributed by atoms with Crippen LogP contribution in [0.3, 0.4) is 0 Å². The van der Waals surface area contributed by atoms with Crippen LogP contribution in [0.2, 0.25) is 0 Å². The lowest BCUT2D eigenvalue weighted by atomic mass is 10.3. The van der Waals surface area contributed by atoms with Crippen molar-refractivity contribution in [1.29, 1.82) is 0 Å². The summed E-state index contributed by atoms with van der Waals surface area (Å²) in [4.78, 5) is 21.0. The maximum atomic E-state index is 11.0. The van der Waals surface area contributed by atoms with Gasteiger partial charge in [0.25, 0.3) is 0 Å². The summed E-state index contributed by atoms with van der Waals surface area (Å²) in [6.45, 7) is 1.59. The molecule has 15 heavy (non-hydrogen) atoms. The summed E-state index contributed by atoms with van der Waals surface area (Å²) >= 11 is 0. The molecule has 80 valence electrons. The van der Waals surface area contributed by atoms with E-state index >= 15 is 0 Å². The van der Waals surface area contributed by atoms with E-state index in [1.165, 1.54) is 12.1 Å². The first kappa shape index (κ1) is 11.2. The highest BCUT2D eigenvalue weighted by Gasteiger charge is 2.14. The molecule has 1 aromatic carbocycles. The second-order valence-corrected chi connectivity index (χ2v) is 2.91. The van der Waals surface area contributed by atoms with Gasteiger partial charge in [0.15, 0.2) is 11.5 Å². The number of ether oxygens (including phenoxy) is 1. The van der Waals surface area contributed by atoms with E-state index in [1.807, 2.05) is 0 Å². The van der Waals surface area contributed by atoms with Crippen LogP contribution in [0, 0.1) is 10.1 Å². The molecule has 1 rings (SSSR count). The van der Waals surface area contributed by atoms with E-state index in [4.69, 9.17) is 4.74 Å². The third-order valence-electron chi connectivity index (χ3n) is 1.84. The number of nitro groups is 1. The molecule has 1 aromatic rings. The van der Waals surface area contributed by atoms with Gasteiger partial charge >= 0.3 is 5.69 Å². The molecule has 0 aliphatic carbocycles. The van der Waals surface area contributed by atoms with Gasteiger partial charge < -0.3 is 4.74 Å². The molecule has 0 amide bonds. The number of nitro benzene ring substituents is 1. The molecule has 0 aliphatic heterocycles. The highest BCUT2D eigenvalue weighted by atomic mass is 16.6. The average molecular weight is 209 g/mol. The van der Waals surface area contributed by atoms with Gasteiger partial charge in [0.2, 0.25) is 0 Å². The lowest BCUT2D eigenvalue weighted by Crippen LogP contribution is -2.10. The molecular weight excluding hydrogens is 198 g/mol. The summed E-state index contributed by atoms with van der Waals surface area (Å²) in [5.74, 6) is 0.0393. The summed E-state index contributed by atoms with van der Waals surface area (Å²) in [6.07, 6.45) is 0.362. The third kappa shape index (κ3) is 3.05. The molecule has 5 nitrogen and oxygen atoms in total. The molecule has 0 radical (unpaired) electrons. The summed E-state index contributed by atoms with van der Waals surface area (Å²) in [5, 5.41) is 10.6. The first-order valence-corrected chi connectivity index (χ1v) is 4.53. The van der Waals surface area contributed by atoms with Crippen molar-refractivity contribution >= 4 is 11.5 Å². The molecule has 0 saturated heterocycles. The van der Waals surface area contributed by atoms with Crippen LogP contribution in [0.25, 0.3) is 0 Å². The maximum absolute atomic E-state index is 11.0. The second-order valence-electron chi connectivity index (χ2n) is 2.91. The van der Waals surface area contributed by atoms with Crippen LogP contribution in [0.15, 0.2) is 24.3 Å². The zero-order valence-electron chi connectivity index (χ0n) is 8.30. The Bertz CT molecular complexity index is 375. The smallest absolute Gasteiger partial charge is 0.310 e. The number of hydrogen-bond acceptors (Lipinski definition) is 4. The van der Waals surface area contributed by atoms with Crippen molar-refractivity contribution < 1.29 is 14.5 Å². The fraction of sp³-hybridized carbons (Fsp3) is 0.300. The van der Waals surface area contributed by atoms with Gasteiger partial charge in [-0.05, 0) is 6.07 Å². The minimum Gasteiger partial charge on any atom is -0.479 e. The van der Waals surface area contributed by atoms with E-state index in [1.54, 1.807) is 19.1 Å². The predicted molar refractivity (Wildman–Crippen MR) is 53.9 cm³/mol. The minimum atomic E-state index is -0.536. The Balaban J connectivity index is 2.76. The van der Waals surface area contributed by atoms with Crippen LogP contribution >= 0.6 is 0 Å². The SMILES string of the molecule is CCC(=O)COc1ccccc1[N+](=O)[O-]. The van der Waals surface area contributed by atoms with E-state index in [0.717, 1.165) is 0 Å². The molecule has 5 heteroatoms. The van der Waals surface area contributed by atoms with Crippen LogP contribution in [0.1, 0.15) is 13.3 Å². The lowest BCUT2D eigenvalue weighted by Gasteiger charge is -2.04. The number of ketones is 1. The topological polar surface area (TPSA) is 69.4 Å². The monoisotopic (exact) mass is 209 g/mol. The highest BCUT2D eigenvalue weighted by molar-refractivity contribution is 5.79. The van der Waals surface area contributed by atoms with Crippen molar-refractivity contribution in [3.05, 3.63) is 34.4 Å². The van der Waals surface area contributed by atoms with Crippen molar-refractivity contribution in [2.24, 2.45) is 0 Å². The summed E-state index contributed by atoms with van der Waals surface area (Å²) in [5.41, 5.74) is -0.124. The number of benzene rings is 1. The molecule has 0 atom stereocenters. The van der Waals surface area contributed by atoms with Crippen molar-refractivity contribution in [3.63, 3.8) is 0 Å². The summed E-state index contributed by atoms with van der Waals surface area (Å²) in [6, 6.07) is 5.98. The van der Waals surface area contributed by atoms with Crippen LogP contribution in [-0.2, 0) is 4.79 Å². The fourth-order valence-corrected chi connectivity index (χ4v) is 0.990. The number of carbonyl (C=O) groups is 1. The largest absolute Gasteiger partial charge is 0.479 e. The van der Waals surface area contributed by atoms with Crippen LogP contribution in [-0.4, -0.2) is 17.3 Å². The predicted octanol–water partition coefficient (Wildman–Crippen LogP) is 1.95. The molecule has 0 aromatic heterocycles. The molecule has 0 heterocycles. The Morgan fingerprint density at radius 1 is 1.47 bits per heavy atom. The Hall–Kier alpha value is -1.91. The molecule has 0 bridgehead atoms. The van der Waals surface area contributed by atoms with Crippen LogP contribution < -0.4 is 4.74 Å². The van der Waals surface area contributed by atoms with E-state index in [-0.39, 0.29) is 23.8 Å². The number of hydrogen-bond donors (Lipinski definition) is 0. The first-order chi connectivity index (χ1) is 7.15. The van der Waals surface area contributed by atoms with E-state index in [9.17, 15) is 14.9 Å². The molecular formula is C10H11NO4. The van der Waals surface area contributed by atoms with Crippen LogP contribution in [0.5, 0.6) is 5.75 Å². The van der Waals surface area contributed by atoms with Crippen molar-refractivity contribution in [2.45, 2.75) is 13.3 Å². The van der Waals surface area contributed by atoms with Crippen molar-refractivity contribution in [1.82, 2.24) is 0 Å². The Labute approximate surface area is 86.8 Å². The Morgan fingerprint density at radius 3 is 2.73 bits per heavy atom.